The van der Waals surface area contributed by atoms with Crippen LogP contribution >= 0.6 is 0 Å². The SMILES string of the molecule is C#[N+]OC(C)(C)C.CN(c1c(C#N)c(=O)n(C)c2ccc(C#N)nc12)C1CCCCC1.Cc1ccc2c(c1)OCO2. The van der Waals surface area contributed by atoms with Crippen molar-refractivity contribution in [3.05, 3.63) is 62.5 Å². The molecule has 1 saturated carbocycles. The minimum atomic E-state index is -0.325. The van der Waals surface area contributed by atoms with E-state index in [1.807, 2.05) is 63.9 Å². The number of hydrogen-bond donors (Lipinski definition) is 0. The van der Waals surface area contributed by atoms with Gasteiger partial charge in [-0.25, -0.2) is 4.98 Å². The second-order valence-electron chi connectivity index (χ2n) is 10.9. The van der Waals surface area contributed by atoms with E-state index in [-0.39, 0.29) is 28.5 Å². The van der Waals surface area contributed by atoms with Crippen molar-refractivity contribution in [2.24, 2.45) is 7.05 Å². The highest BCUT2D eigenvalue weighted by molar-refractivity contribution is 5.92. The highest BCUT2D eigenvalue weighted by Crippen LogP contribution is 2.33. The van der Waals surface area contributed by atoms with Gasteiger partial charge in [0.15, 0.2) is 17.1 Å². The molecule has 3 heterocycles. The van der Waals surface area contributed by atoms with Crippen molar-refractivity contribution < 1.29 is 14.3 Å². The van der Waals surface area contributed by atoms with Crippen LogP contribution in [-0.4, -0.2) is 35.0 Å². The Hall–Kier alpha value is -4.75. The third-order valence-corrected chi connectivity index (χ3v) is 6.77. The third kappa shape index (κ3) is 7.68. The normalized spacial score (nSPS) is 13.8. The first kappa shape index (κ1) is 30.8. The zero-order chi connectivity index (χ0) is 30.2. The van der Waals surface area contributed by atoms with Crippen LogP contribution in [-0.2, 0) is 11.9 Å². The number of benzene rings is 1. The average Bonchev–Trinajstić information content (AvgIpc) is 3.42. The Morgan fingerprint density at radius 2 is 1.78 bits per heavy atom. The van der Waals surface area contributed by atoms with Crippen molar-refractivity contribution in [1.82, 2.24) is 9.55 Å². The van der Waals surface area contributed by atoms with E-state index in [1.54, 1.807) is 19.2 Å². The van der Waals surface area contributed by atoms with E-state index < -0.39 is 0 Å². The summed E-state index contributed by atoms with van der Waals surface area (Å²) in [6, 6.07) is 13.6. The molecular weight excluding hydrogens is 520 g/mol. The van der Waals surface area contributed by atoms with Crippen LogP contribution < -0.4 is 19.9 Å². The standard InChI is InChI=1S/C18H19N5O.C8H8O2.C5H10NO/c1-22(13-6-4-3-5-7-13)17-14(11-20)18(24)23(2)15-9-8-12(10-19)21-16(15)17;1-6-2-3-7-8(4-6)10-5-9-7;1-5(2,3)7-6-4/h8-9,13H,3-7H2,1-2H3;2-4H,5H2,1H3;4H,1-3H3/q;;+1. The maximum absolute atomic E-state index is 12.6. The Labute approximate surface area is 241 Å². The van der Waals surface area contributed by atoms with Crippen LogP contribution in [0, 0.1) is 36.2 Å². The molecule has 214 valence electrons. The van der Waals surface area contributed by atoms with Gasteiger partial charge in [-0.15, -0.1) is 0 Å². The van der Waals surface area contributed by atoms with E-state index in [4.69, 9.17) is 21.3 Å². The Morgan fingerprint density at radius 3 is 2.37 bits per heavy atom. The topological polar surface area (TPSA) is 118 Å². The zero-order valence-electron chi connectivity index (χ0n) is 24.6. The second kappa shape index (κ2) is 13.5. The number of nitriles is 2. The van der Waals surface area contributed by atoms with Crippen LogP contribution in [0.5, 0.6) is 11.5 Å². The molecule has 0 spiro atoms. The van der Waals surface area contributed by atoms with Gasteiger partial charge >= 0.3 is 6.57 Å². The van der Waals surface area contributed by atoms with Crippen LogP contribution in [0.4, 0.5) is 5.69 Å². The monoisotopic (exact) mass is 557 g/mol. The molecule has 0 unspecified atom stereocenters. The summed E-state index contributed by atoms with van der Waals surface area (Å²) >= 11 is 0. The van der Waals surface area contributed by atoms with Crippen molar-refractivity contribution in [1.29, 1.82) is 10.5 Å². The molecular formula is C31H37N6O4+. The highest BCUT2D eigenvalue weighted by Gasteiger charge is 2.26. The third-order valence-electron chi connectivity index (χ3n) is 6.77. The minimum absolute atomic E-state index is 0.0978. The van der Waals surface area contributed by atoms with Gasteiger partial charge in [0, 0.05) is 20.1 Å². The average molecular weight is 558 g/mol. The van der Waals surface area contributed by atoms with Gasteiger partial charge in [0.1, 0.15) is 28.9 Å². The molecule has 10 heteroatoms. The van der Waals surface area contributed by atoms with Crippen molar-refractivity contribution in [2.75, 3.05) is 18.7 Å². The number of nitrogens with zero attached hydrogens (tertiary/aromatic N) is 6. The van der Waals surface area contributed by atoms with E-state index in [0.29, 0.717) is 23.5 Å². The van der Waals surface area contributed by atoms with Gasteiger partial charge in [0.2, 0.25) is 11.8 Å². The molecule has 3 aromatic rings. The van der Waals surface area contributed by atoms with Crippen LogP contribution in [0.2, 0.25) is 0 Å². The minimum Gasteiger partial charge on any atom is -0.454 e. The Bertz CT molecular complexity index is 1560. The molecule has 1 fully saturated rings. The summed E-state index contributed by atoms with van der Waals surface area (Å²) in [4.78, 5) is 23.7. The van der Waals surface area contributed by atoms with E-state index in [2.05, 4.69) is 20.9 Å². The van der Waals surface area contributed by atoms with Crippen molar-refractivity contribution in [3.63, 3.8) is 0 Å². The van der Waals surface area contributed by atoms with Crippen LogP contribution in [0.1, 0.15) is 69.7 Å². The predicted molar refractivity (Wildman–Crippen MR) is 158 cm³/mol. The van der Waals surface area contributed by atoms with Gasteiger partial charge < -0.3 is 18.9 Å². The van der Waals surface area contributed by atoms with Gasteiger partial charge in [-0.05, 0) is 70.4 Å². The molecule has 1 aliphatic heterocycles. The Balaban J connectivity index is 0.000000222. The summed E-state index contributed by atoms with van der Waals surface area (Å²) in [5, 5.41) is 21.7. The number of rotatable bonds is 2. The molecule has 0 bridgehead atoms. The molecule has 2 aromatic heterocycles. The first-order valence-corrected chi connectivity index (χ1v) is 13.5. The summed E-state index contributed by atoms with van der Waals surface area (Å²) in [6.45, 7) is 12.7. The smallest absolute Gasteiger partial charge is 0.335 e. The van der Waals surface area contributed by atoms with E-state index >= 15 is 0 Å². The molecule has 1 aromatic carbocycles. The zero-order valence-corrected chi connectivity index (χ0v) is 24.6. The molecule has 41 heavy (non-hydrogen) atoms. The van der Waals surface area contributed by atoms with Gasteiger partial charge in [-0.1, -0.05) is 25.3 Å². The van der Waals surface area contributed by atoms with Gasteiger partial charge in [0.05, 0.1) is 11.2 Å². The lowest BCUT2D eigenvalue weighted by atomic mass is 9.93. The fourth-order valence-corrected chi connectivity index (χ4v) is 4.71. The number of aryl methyl sites for hydroxylation is 2. The first-order chi connectivity index (χ1) is 19.5. The van der Waals surface area contributed by atoms with Crippen molar-refractivity contribution in [3.8, 4) is 30.2 Å². The summed E-state index contributed by atoms with van der Waals surface area (Å²) < 4.78 is 11.7. The summed E-state index contributed by atoms with van der Waals surface area (Å²) in [6.07, 6.45) is 5.60. The predicted octanol–water partition coefficient (Wildman–Crippen LogP) is 5.85. The summed E-state index contributed by atoms with van der Waals surface area (Å²) in [5.41, 5.74) is 2.74. The highest BCUT2D eigenvalue weighted by atomic mass is 16.7. The molecule has 2 aliphatic rings. The number of fused-ring (bicyclic) bond motifs is 2. The molecule has 0 atom stereocenters. The molecule has 0 saturated heterocycles. The van der Waals surface area contributed by atoms with Crippen molar-refractivity contribution in [2.45, 2.75) is 71.4 Å². The van der Waals surface area contributed by atoms with Gasteiger partial charge in [-0.2, -0.15) is 15.4 Å². The number of aromatic nitrogens is 2. The lowest BCUT2D eigenvalue weighted by Gasteiger charge is -2.33. The summed E-state index contributed by atoms with van der Waals surface area (Å²) in [5.74, 6) is 1.71. The molecule has 1 aliphatic carbocycles. The van der Waals surface area contributed by atoms with Crippen LogP contribution in [0.3, 0.4) is 0 Å². The van der Waals surface area contributed by atoms with Gasteiger partial charge in [0.25, 0.3) is 5.56 Å². The maximum Gasteiger partial charge on any atom is 0.335 e. The van der Waals surface area contributed by atoms with Crippen LogP contribution in [0.25, 0.3) is 16.0 Å². The first-order valence-electron chi connectivity index (χ1n) is 13.5. The number of pyridine rings is 2. The van der Waals surface area contributed by atoms with Crippen molar-refractivity contribution >= 4 is 16.7 Å². The fraction of sp³-hybridized carbons (Fsp3) is 0.452. The fourth-order valence-electron chi connectivity index (χ4n) is 4.71. The largest absolute Gasteiger partial charge is 0.454 e. The molecule has 0 amide bonds. The lowest BCUT2D eigenvalue weighted by molar-refractivity contribution is 0.0725. The van der Waals surface area contributed by atoms with Crippen LogP contribution in [0.15, 0.2) is 35.1 Å². The van der Waals surface area contributed by atoms with Gasteiger partial charge in [-0.3, -0.25) is 4.79 Å². The van der Waals surface area contributed by atoms with E-state index in [1.165, 1.54) is 16.6 Å². The maximum atomic E-state index is 12.6. The number of ether oxygens (including phenoxy) is 2. The molecule has 5 rings (SSSR count). The Kier molecular flexibility index (Phi) is 10.2. The second-order valence-corrected chi connectivity index (χ2v) is 10.9. The number of anilines is 1. The summed E-state index contributed by atoms with van der Waals surface area (Å²) in [7, 11) is 3.55. The Morgan fingerprint density at radius 1 is 1.10 bits per heavy atom. The molecule has 0 radical (unpaired) electrons. The lowest BCUT2D eigenvalue weighted by Crippen LogP contribution is -2.36. The quantitative estimate of drug-likeness (QED) is 0.360. The molecule has 0 N–H and O–H groups in total. The van der Waals surface area contributed by atoms with E-state index in [9.17, 15) is 10.1 Å². The number of hydrogen-bond acceptors (Lipinski definition) is 8. The van der Waals surface area contributed by atoms with E-state index in [0.717, 1.165) is 37.2 Å². The molecule has 10 nitrogen and oxygen atoms in total.